The molecule has 3 N–H and O–H groups in total. The lowest BCUT2D eigenvalue weighted by Gasteiger charge is -2.04. The molecule has 1 heterocycles. The summed E-state index contributed by atoms with van der Waals surface area (Å²) in [5.41, 5.74) is 8.52. The first-order valence-corrected chi connectivity index (χ1v) is 6.60. The standard InChI is InChI=1S/C13H10ClN3S/c14-8-4-3-5-9(15)12(8)18-13-16-10-6-1-2-7-11(10)17-13/h1-7H,15H2,(H,16,17). The molecule has 18 heavy (non-hydrogen) atoms. The summed E-state index contributed by atoms with van der Waals surface area (Å²) in [5, 5.41) is 1.43. The largest absolute Gasteiger partial charge is 0.398 e. The smallest absolute Gasteiger partial charge is 0.171 e. The van der Waals surface area contributed by atoms with Crippen molar-refractivity contribution in [3.63, 3.8) is 0 Å². The number of nitrogens with zero attached hydrogens (tertiary/aromatic N) is 1. The number of nitrogens with two attached hydrogens (primary N) is 1. The van der Waals surface area contributed by atoms with Gasteiger partial charge in [0.2, 0.25) is 0 Å². The fraction of sp³-hybridized carbons (Fsp3) is 0. The van der Waals surface area contributed by atoms with E-state index in [1.807, 2.05) is 42.5 Å². The number of halogens is 1. The number of H-pyrrole nitrogens is 1. The zero-order valence-electron chi connectivity index (χ0n) is 9.35. The van der Waals surface area contributed by atoms with E-state index in [2.05, 4.69) is 9.97 Å². The Morgan fingerprint density at radius 1 is 1.11 bits per heavy atom. The van der Waals surface area contributed by atoms with Crippen molar-refractivity contribution in [2.24, 2.45) is 0 Å². The average Bonchev–Trinajstić information content (AvgIpc) is 2.76. The molecular formula is C13H10ClN3S. The van der Waals surface area contributed by atoms with Gasteiger partial charge in [0, 0.05) is 5.69 Å². The van der Waals surface area contributed by atoms with Crippen LogP contribution in [-0.4, -0.2) is 9.97 Å². The maximum atomic E-state index is 6.14. The van der Waals surface area contributed by atoms with E-state index in [9.17, 15) is 0 Å². The van der Waals surface area contributed by atoms with Crippen molar-refractivity contribution in [3.8, 4) is 0 Å². The van der Waals surface area contributed by atoms with Gasteiger partial charge >= 0.3 is 0 Å². The van der Waals surface area contributed by atoms with Gasteiger partial charge in [-0.25, -0.2) is 4.98 Å². The monoisotopic (exact) mass is 275 g/mol. The Labute approximate surface area is 113 Å². The van der Waals surface area contributed by atoms with Crippen LogP contribution >= 0.6 is 23.4 Å². The van der Waals surface area contributed by atoms with Crippen LogP contribution in [-0.2, 0) is 0 Å². The second-order valence-corrected chi connectivity index (χ2v) is 5.23. The van der Waals surface area contributed by atoms with Gasteiger partial charge in [-0.1, -0.05) is 29.8 Å². The SMILES string of the molecule is Nc1cccc(Cl)c1Sc1nc2ccccc2[nH]1. The van der Waals surface area contributed by atoms with Gasteiger partial charge in [-0.15, -0.1) is 0 Å². The summed E-state index contributed by atoms with van der Waals surface area (Å²) < 4.78 is 0. The van der Waals surface area contributed by atoms with Crippen molar-refractivity contribution in [3.05, 3.63) is 47.5 Å². The molecule has 0 atom stereocenters. The van der Waals surface area contributed by atoms with Crippen molar-refractivity contribution < 1.29 is 0 Å². The molecule has 0 aliphatic rings. The first-order chi connectivity index (χ1) is 8.74. The van der Waals surface area contributed by atoms with E-state index in [1.54, 1.807) is 0 Å². The van der Waals surface area contributed by atoms with E-state index in [0.29, 0.717) is 10.7 Å². The van der Waals surface area contributed by atoms with Gasteiger partial charge in [-0.2, -0.15) is 0 Å². The fourth-order valence-corrected chi connectivity index (χ4v) is 2.85. The Balaban J connectivity index is 2.01. The minimum absolute atomic E-state index is 0.639. The molecule has 0 radical (unpaired) electrons. The third-order valence-corrected chi connectivity index (χ3v) is 4.04. The lowest BCUT2D eigenvalue weighted by atomic mass is 10.3. The average molecular weight is 276 g/mol. The molecule has 3 aromatic rings. The Kier molecular flexibility index (Phi) is 2.89. The van der Waals surface area contributed by atoms with Crippen LogP contribution in [0.2, 0.25) is 5.02 Å². The van der Waals surface area contributed by atoms with Gasteiger partial charge in [-0.3, -0.25) is 0 Å². The summed E-state index contributed by atoms with van der Waals surface area (Å²) in [5.74, 6) is 0. The molecule has 5 heteroatoms. The molecule has 0 amide bonds. The highest BCUT2D eigenvalue weighted by molar-refractivity contribution is 7.99. The van der Waals surface area contributed by atoms with Gasteiger partial charge in [0.15, 0.2) is 5.16 Å². The molecule has 0 aliphatic heterocycles. The first-order valence-electron chi connectivity index (χ1n) is 5.40. The molecule has 0 saturated heterocycles. The minimum Gasteiger partial charge on any atom is -0.398 e. The van der Waals surface area contributed by atoms with E-state index in [0.717, 1.165) is 21.1 Å². The molecule has 3 rings (SSSR count). The van der Waals surface area contributed by atoms with Crippen LogP contribution in [0.15, 0.2) is 52.5 Å². The van der Waals surface area contributed by atoms with Crippen LogP contribution in [0.25, 0.3) is 11.0 Å². The summed E-state index contributed by atoms with van der Waals surface area (Å²) in [6, 6.07) is 13.4. The molecule has 0 spiro atoms. The van der Waals surface area contributed by atoms with E-state index in [4.69, 9.17) is 17.3 Å². The van der Waals surface area contributed by atoms with E-state index in [-0.39, 0.29) is 0 Å². The predicted molar refractivity (Wildman–Crippen MR) is 76.1 cm³/mol. The first kappa shape index (κ1) is 11.4. The molecule has 0 aliphatic carbocycles. The summed E-state index contributed by atoms with van der Waals surface area (Å²) in [7, 11) is 0. The molecule has 2 aromatic carbocycles. The number of nitrogens with one attached hydrogen (secondary N) is 1. The Morgan fingerprint density at radius 2 is 1.94 bits per heavy atom. The lowest BCUT2D eigenvalue weighted by molar-refractivity contribution is 1.08. The van der Waals surface area contributed by atoms with Gasteiger partial charge < -0.3 is 10.7 Å². The van der Waals surface area contributed by atoms with Crippen LogP contribution in [0, 0.1) is 0 Å². The number of aromatic nitrogens is 2. The zero-order valence-corrected chi connectivity index (χ0v) is 10.9. The van der Waals surface area contributed by atoms with E-state index < -0.39 is 0 Å². The number of anilines is 1. The number of aromatic amines is 1. The number of hydrogen-bond acceptors (Lipinski definition) is 3. The quantitative estimate of drug-likeness (QED) is 0.696. The second kappa shape index (κ2) is 4.55. The van der Waals surface area contributed by atoms with Crippen LogP contribution < -0.4 is 5.73 Å². The Hall–Kier alpha value is -1.65. The van der Waals surface area contributed by atoms with Crippen molar-refractivity contribution in [1.82, 2.24) is 9.97 Å². The van der Waals surface area contributed by atoms with Gasteiger partial charge in [0.25, 0.3) is 0 Å². The molecule has 0 fully saturated rings. The Morgan fingerprint density at radius 3 is 2.72 bits per heavy atom. The lowest BCUT2D eigenvalue weighted by Crippen LogP contribution is -1.89. The van der Waals surface area contributed by atoms with Gasteiger partial charge in [0.1, 0.15) is 0 Å². The normalized spacial score (nSPS) is 10.9. The van der Waals surface area contributed by atoms with Gasteiger partial charge in [0.05, 0.1) is 21.0 Å². The van der Waals surface area contributed by atoms with Gasteiger partial charge in [-0.05, 0) is 36.0 Å². The van der Waals surface area contributed by atoms with Crippen molar-refractivity contribution in [2.75, 3.05) is 5.73 Å². The molecule has 90 valence electrons. The minimum atomic E-state index is 0.639. The van der Waals surface area contributed by atoms with E-state index in [1.165, 1.54) is 11.8 Å². The number of nitrogen functional groups attached to an aromatic ring is 1. The highest BCUT2D eigenvalue weighted by atomic mass is 35.5. The van der Waals surface area contributed by atoms with Crippen LogP contribution in [0.3, 0.4) is 0 Å². The predicted octanol–water partition coefficient (Wildman–Crippen LogP) is 3.95. The summed E-state index contributed by atoms with van der Waals surface area (Å²) in [6.45, 7) is 0. The zero-order chi connectivity index (χ0) is 12.5. The van der Waals surface area contributed by atoms with Crippen molar-refractivity contribution in [2.45, 2.75) is 10.1 Å². The fourth-order valence-electron chi connectivity index (χ4n) is 1.71. The number of rotatable bonds is 2. The topological polar surface area (TPSA) is 54.7 Å². The molecular weight excluding hydrogens is 266 g/mol. The molecule has 3 nitrogen and oxygen atoms in total. The second-order valence-electron chi connectivity index (χ2n) is 3.82. The number of benzene rings is 2. The molecule has 0 saturated carbocycles. The van der Waals surface area contributed by atoms with Crippen molar-refractivity contribution in [1.29, 1.82) is 0 Å². The number of para-hydroxylation sites is 2. The summed E-state index contributed by atoms with van der Waals surface area (Å²) >= 11 is 7.58. The number of imidazole rings is 1. The third-order valence-electron chi connectivity index (χ3n) is 2.56. The Bertz CT molecular complexity index is 655. The van der Waals surface area contributed by atoms with Crippen LogP contribution in [0.5, 0.6) is 0 Å². The van der Waals surface area contributed by atoms with Crippen LogP contribution in [0.4, 0.5) is 5.69 Å². The highest BCUT2D eigenvalue weighted by Crippen LogP contribution is 2.36. The summed E-state index contributed by atoms with van der Waals surface area (Å²) in [6.07, 6.45) is 0. The summed E-state index contributed by atoms with van der Waals surface area (Å²) in [4.78, 5) is 8.55. The van der Waals surface area contributed by atoms with Crippen LogP contribution in [0.1, 0.15) is 0 Å². The number of fused-ring (bicyclic) bond motifs is 1. The maximum absolute atomic E-state index is 6.14. The molecule has 0 unspecified atom stereocenters. The number of hydrogen-bond donors (Lipinski definition) is 2. The molecule has 0 bridgehead atoms. The third kappa shape index (κ3) is 2.05. The van der Waals surface area contributed by atoms with E-state index >= 15 is 0 Å². The highest BCUT2D eigenvalue weighted by Gasteiger charge is 2.09. The van der Waals surface area contributed by atoms with Crippen molar-refractivity contribution >= 4 is 40.1 Å². The molecule has 1 aromatic heterocycles. The maximum Gasteiger partial charge on any atom is 0.171 e.